The molecule has 8 heteroatoms. The van der Waals surface area contributed by atoms with E-state index in [9.17, 15) is 14.4 Å². The van der Waals surface area contributed by atoms with Crippen molar-refractivity contribution in [3.8, 4) is 0 Å². The lowest BCUT2D eigenvalue weighted by molar-refractivity contribution is -0.122. The highest BCUT2D eigenvalue weighted by Crippen LogP contribution is 2.30. The van der Waals surface area contributed by atoms with Gasteiger partial charge in [-0.1, -0.05) is 12.1 Å². The van der Waals surface area contributed by atoms with Gasteiger partial charge in [0, 0.05) is 18.7 Å². The van der Waals surface area contributed by atoms with Crippen molar-refractivity contribution in [2.24, 2.45) is 11.7 Å². The Morgan fingerprint density at radius 2 is 2.04 bits per heavy atom. The minimum absolute atomic E-state index is 0.110. The molecular weight excluding hydrogens is 376 g/mol. The lowest BCUT2D eigenvalue weighted by atomic mass is 10.1. The molecule has 0 radical (unpaired) electrons. The molecule has 1 aliphatic heterocycles. The number of aromatic nitrogens is 1. The van der Waals surface area contributed by atoms with Gasteiger partial charge in [0.15, 0.2) is 0 Å². The Morgan fingerprint density at radius 1 is 1.25 bits per heavy atom. The Bertz CT molecular complexity index is 1110. The van der Waals surface area contributed by atoms with E-state index in [2.05, 4.69) is 10.3 Å². The highest BCUT2D eigenvalue weighted by molar-refractivity contribution is 7.18. The first-order valence-corrected chi connectivity index (χ1v) is 9.61. The van der Waals surface area contributed by atoms with Crippen LogP contribution in [0.15, 0.2) is 42.5 Å². The maximum Gasteiger partial charge on any atom is 0.250 e. The van der Waals surface area contributed by atoms with Gasteiger partial charge in [-0.25, -0.2) is 4.98 Å². The molecule has 0 spiro atoms. The maximum absolute atomic E-state index is 12.7. The summed E-state index contributed by atoms with van der Waals surface area (Å²) in [5.41, 5.74) is 7.52. The molecule has 1 saturated heterocycles. The van der Waals surface area contributed by atoms with Crippen LogP contribution in [-0.4, -0.2) is 29.3 Å². The van der Waals surface area contributed by atoms with E-state index in [0.717, 1.165) is 20.9 Å². The highest BCUT2D eigenvalue weighted by Gasteiger charge is 2.35. The molecule has 1 aliphatic rings. The number of nitrogens with one attached hydrogen (secondary N) is 1. The summed E-state index contributed by atoms with van der Waals surface area (Å²) >= 11 is 1.60. The molecular formula is C20H18N4O3S. The fourth-order valence-corrected chi connectivity index (χ4v) is 4.18. The van der Waals surface area contributed by atoms with E-state index < -0.39 is 11.8 Å². The number of benzene rings is 2. The summed E-state index contributed by atoms with van der Waals surface area (Å²) in [6.07, 6.45) is 0.110. The number of hydrogen-bond donors (Lipinski definition) is 2. The first kappa shape index (κ1) is 18.1. The molecule has 1 unspecified atom stereocenters. The van der Waals surface area contributed by atoms with E-state index in [1.165, 1.54) is 0 Å². The molecule has 0 aliphatic carbocycles. The molecule has 3 aromatic rings. The second kappa shape index (κ2) is 7.05. The minimum atomic E-state index is -0.619. The molecule has 1 atom stereocenters. The first-order valence-electron chi connectivity index (χ1n) is 8.79. The first-order chi connectivity index (χ1) is 13.4. The number of rotatable bonds is 4. The monoisotopic (exact) mass is 394 g/mol. The number of thiazole rings is 1. The van der Waals surface area contributed by atoms with Crippen molar-refractivity contribution in [1.29, 1.82) is 0 Å². The molecule has 28 heavy (non-hydrogen) atoms. The predicted octanol–water partition coefficient (Wildman–Crippen LogP) is 2.70. The van der Waals surface area contributed by atoms with Crippen LogP contribution in [0.4, 0.5) is 11.4 Å². The number of primary amides is 1. The van der Waals surface area contributed by atoms with Crippen LogP contribution in [0.1, 0.15) is 21.8 Å². The average Bonchev–Trinajstić information content (AvgIpc) is 3.23. The molecule has 7 nitrogen and oxygen atoms in total. The van der Waals surface area contributed by atoms with Crippen LogP contribution < -0.4 is 16.0 Å². The summed E-state index contributed by atoms with van der Waals surface area (Å²) in [4.78, 5) is 42.8. The van der Waals surface area contributed by atoms with Crippen LogP contribution in [-0.2, 0) is 9.59 Å². The van der Waals surface area contributed by atoms with Crippen LogP contribution >= 0.6 is 11.3 Å². The zero-order valence-corrected chi connectivity index (χ0v) is 16.0. The number of nitrogens with two attached hydrogens (primary N) is 1. The quantitative estimate of drug-likeness (QED) is 0.710. The van der Waals surface area contributed by atoms with Crippen LogP contribution in [0.3, 0.4) is 0 Å². The summed E-state index contributed by atoms with van der Waals surface area (Å²) in [5.74, 6) is -1.56. The Labute approximate surface area is 165 Å². The second-order valence-electron chi connectivity index (χ2n) is 6.69. The number of carbonyl (C=O) groups excluding carboxylic acids is 3. The van der Waals surface area contributed by atoms with E-state index in [0.29, 0.717) is 5.69 Å². The van der Waals surface area contributed by atoms with Gasteiger partial charge < -0.3 is 16.0 Å². The second-order valence-corrected chi connectivity index (χ2v) is 7.92. The van der Waals surface area contributed by atoms with Crippen LogP contribution in [0.2, 0.25) is 0 Å². The average molecular weight is 394 g/mol. The number of aryl methyl sites for hydroxylation is 1. The van der Waals surface area contributed by atoms with Crippen molar-refractivity contribution in [3.63, 3.8) is 0 Å². The molecule has 3 amide bonds. The number of nitrogens with zero attached hydrogens (tertiary/aromatic N) is 2. The molecule has 3 N–H and O–H groups in total. The largest absolute Gasteiger partial charge is 0.366 e. The van der Waals surface area contributed by atoms with Crippen molar-refractivity contribution < 1.29 is 14.4 Å². The van der Waals surface area contributed by atoms with Gasteiger partial charge in [0.05, 0.1) is 32.4 Å². The third-order valence-electron chi connectivity index (χ3n) is 4.74. The minimum Gasteiger partial charge on any atom is -0.366 e. The lowest BCUT2D eigenvalue weighted by Gasteiger charge is -2.17. The Hall–Kier alpha value is -3.26. The molecule has 142 valence electrons. The van der Waals surface area contributed by atoms with Gasteiger partial charge in [-0.05, 0) is 37.3 Å². The third-order valence-corrected chi connectivity index (χ3v) is 5.69. The van der Waals surface area contributed by atoms with Crippen molar-refractivity contribution in [2.75, 3.05) is 16.8 Å². The number of carbonyl (C=O) groups is 3. The number of para-hydroxylation sites is 1. The Morgan fingerprint density at radius 3 is 2.82 bits per heavy atom. The van der Waals surface area contributed by atoms with Gasteiger partial charge in [-0.15, -0.1) is 11.3 Å². The standard InChI is InChI=1S/C20H18N4O3S/c1-11-22-16-9-13(6-7-17(16)28-11)24-10-12(8-18(24)25)20(27)23-15-5-3-2-4-14(15)19(21)26/h2-7,9,12H,8,10H2,1H3,(H2,21,26)(H,23,27). The van der Waals surface area contributed by atoms with E-state index in [4.69, 9.17) is 5.73 Å². The van der Waals surface area contributed by atoms with E-state index in [1.807, 2.05) is 25.1 Å². The lowest BCUT2D eigenvalue weighted by Crippen LogP contribution is -2.28. The van der Waals surface area contributed by atoms with Gasteiger partial charge in [-0.2, -0.15) is 0 Å². The van der Waals surface area contributed by atoms with Crippen molar-refractivity contribution in [1.82, 2.24) is 4.98 Å². The highest BCUT2D eigenvalue weighted by atomic mass is 32.1. The van der Waals surface area contributed by atoms with Gasteiger partial charge >= 0.3 is 0 Å². The van der Waals surface area contributed by atoms with Crippen LogP contribution in [0.25, 0.3) is 10.2 Å². The number of fused-ring (bicyclic) bond motifs is 1. The summed E-state index contributed by atoms with van der Waals surface area (Å²) in [5, 5.41) is 3.69. The van der Waals surface area contributed by atoms with Gasteiger partial charge in [0.25, 0.3) is 5.91 Å². The maximum atomic E-state index is 12.7. The van der Waals surface area contributed by atoms with E-state index in [-0.39, 0.29) is 30.3 Å². The Kier molecular flexibility index (Phi) is 4.56. The Balaban J connectivity index is 1.52. The molecule has 2 heterocycles. The fourth-order valence-electron chi connectivity index (χ4n) is 3.37. The van der Waals surface area contributed by atoms with Crippen LogP contribution in [0, 0.1) is 12.8 Å². The van der Waals surface area contributed by atoms with Crippen LogP contribution in [0.5, 0.6) is 0 Å². The van der Waals surface area contributed by atoms with E-state index in [1.54, 1.807) is 40.5 Å². The van der Waals surface area contributed by atoms with E-state index >= 15 is 0 Å². The predicted molar refractivity (Wildman–Crippen MR) is 108 cm³/mol. The smallest absolute Gasteiger partial charge is 0.250 e. The normalized spacial score (nSPS) is 16.5. The van der Waals surface area contributed by atoms with Crippen molar-refractivity contribution in [3.05, 3.63) is 53.0 Å². The number of amides is 3. The molecule has 1 fully saturated rings. The van der Waals surface area contributed by atoms with Crippen molar-refractivity contribution in [2.45, 2.75) is 13.3 Å². The van der Waals surface area contributed by atoms with Gasteiger partial charge in [-0.3, -0.25) is 14.4 Å². The van der Waals surface area contributed by atoms with Gasteiger partial charge in [0.1, 0.15) is 0 Å². The zero-order chi connectivity index (χ0) is 19.8. The summed E-state index contributed by atoms with van der Waals surface area (Å²) in [6.45, 7) is 2.22. The number of anilines is 2. The molecule has 4 rings (SSSR count). The molecule has 2 aromatic carbocycles. The topological polar surface area (TPSA) is 105 Å². The summed E-state index contributed by atoms with van der Waals surface area (Å²) < 4.78 is 1.06. The zero-order valence-electron chi connectivity index (χ0n) is 15.1. The molecule has 1 aromatic heterocycles. The summed E-state index contributed by atoms with van der Waals surface area (Å²) in [6, 6.07) is 12.2. The SMILES string of the molecule is Cc1nc2cc(N3CC(C(=O)Nc4ccccc4C(N)=O)CC3=O)ccc2s1. The van der Waals surface area contributed by atoms with Crippen molar-refractivity contribution >= 4 is 50.6 Å². The molecule has 0 bridgehead atoms. The van der Waals surface area contributed by atoms with Gasteiger partial charge in [0.2, 0.25) is 11.8 Å². The summed E-state index contributed by atoms with van der Waals surface area (Å²) in [7, 11) is 0. The number of hydrogen-bond acceptors (Lipinski definition) is 5. The fraction of sp³-hybridized carbons (Fsp3) is 0.200. The third kappa shape index (κ3) is 3.34. The molecule has 0 saturated carbocycles.